The summed E-state index contributed by atoms with van der Waals surface area (Å²) < 4.78 is 5.42. The number of aryl methyl sites for hydroxylation is 1. The van der Waals surface area contributed by atoms with E-state index in [1.165, 1.54) is 21.1 Å². The average Bonchev–Trinajstić information content (AvgIpc) is 3.39. The number of amides is 4. The monoisotopic (exact) mass is 463 g/mol. The molecule has 1 saturated heterocycles. The summed E-state index contributed by atoms with van der Waals surface area (Å²) in [5, 5.41) is 4.73. The van der Waals surface area contributed by atoms with Gasteiger partial charge in [-0.15, -0.1) is 11.3 Å². The highest BCUT2D eigenvalue weighted by atomic mass is 32.1. The van der Waals surface area contributed by atoms with E-state index >= 15 is 0 Å². The van der Waals surface area contributed by atoms with Crippen LogP contribution in [0, 0.1) is 6.92 Å². The zero-order valence-electron chi connectivity index (χ0n) is 18.5. The summed E-state index contributed by atoms with van der Waals surface area (Å²) in [6.45, 7) is 4.67. The van der Waals surface area contributed by atoms with Gasteiger partial charge in [0.2, 0.25) is 5.91 Å². The zero-order chi connectivity index (χ0) is 23.4. The Morgan fingerprint density at radius 3 is 2.42 bits per heavy atom. The molecule has 0 aliphatic carbocycles. The number of imide groups is 1. The fourth-order valence-electron chi connectivity index (χ4n) is 3.70. The van der Waals surface area contributed by atoms with Crippen LogP contribution < -0.4 is 15.0 Å². The van der Waals surface area contributed by atoms with Gasteiger partial charge in [-0.05, 0) is 61.7 Å². The minimum Gasteiger partial charge on any atom is -0.494 e. The molecule has 1 aromatic heterocycles. The summed E-state index contributed by atoms with van der Waals surface area (Å²) in [4.78, 5) is 43.0. The van der Waals surface area contributed by atoms with E-state index in [0.717, 1.165) is 10.4 Å². The lowest BCUT2D eigenvalue weighted by atomic mass is 10.1. The van der Waals surface area contributed by atoms with Crippen molar-refractivity contribution in [3.63, 3.8) is 0 Å². The van der Waals surface area contributed by atoms with Gasteiger partial charge in [0.15, 0.2) is 0 Å². The molecule has 33 heavy (non-hydrogen) atoms. The number of rotatable bonds is 8. The van der Waals surface area contributed by atoms with Gasteiger partial charge >= 0.3 is 6.03 Å². The van der Waals surface area contributed by atoms with Crippen molar-refractivity contribution in [1.29, 1.82) is 0 Å². The van der Waals surface area contributed by atoms with E-state index in [9.17, 15) is 14.4 Å². The van der Waals surface area contributed by atoms with E-state index in [1.807, 2.05) is 43.5 Å². The van der Waals surface area contributed by atoms with E-state index in [2.05, 4.69) is 5.32 Å². The number of carbonyl (C=O) groups excluding carboxylic acids is 3. The Morgan fingerprint density at radius 1 is 1.06 bits per heavy atom. The topological polar surface area (TPSA) is 79.0 Å². The zero-order valence-corrected chi connectivity index (χ0v) is 19.3. The molecule has 8 heteroatoms. The molecular weight excluding hydrogens is 438 g/mol. The van der Waals surface area contributed by atoms with Crippen LogP contribution >= 0.6 is 11.3 Å². The average molecular weight is 464 g/mol. The summed E-state index contributed by atoms with van der Waals surface area (Å²) in [6.07, 6.45) is -0.133. The maximum Gasteiger partial charge on any atom is 0.332 e. The molecule has 2 aromatic carbocycles. The minimum absolute atomic E-state index is 0.133. The molecule has 1 atom stereocenters. The number of hydrogen-bond acceptors (Lipinski definition) is 5. The van der Waals surface area contributed by atoms with Gasteiger partial charge in [-0.25, -0.2) is 9.69 Å². The number of anilines is 2. The Bertz CT molecular complexity index is 1130. The van der Waals surface area contributed by atoms with Gasteiger partial charge in [0.1, 0.15) is 11.8 Å². The number of nitrogens with zero attached hydrogens (tertiary/aromatic N) is 2. The second-order valence-corrected chi connectivity index (χ2v) is 8.76. The van der Waals surface area contributed by atoms with Crippen molar-refractivity contribution in [2.24, 2.45) is 0 Å². The molecule has 1 N–H and O–H groups in total. The van der Waals surface area contributed by atoms with E-state index in [-0.39, 0.29) is 18.9 Å². The normalized spacial score (nSPS) is 15.8. The van der Waals surface area contributed by atoms with Crippen molar-refractivity contribution in [2.45, 2.75) is 32.9 Å². The van der Waals surface area contributed by atoms with E-state index in [1.54, 1.807) is 36.4 Å². The Labute approximate surface area is 196 Å². The molecular formula is C25H25N3O4S. The first-order chi connectivity index (χ1) is 16.0. The second-order valence-electron chi connectivity index (χ2n) is 7.72. The first-order valence-electron chi connectivity index (χ1n) is 10.7. The van der Waals surface area contributed by atoms with Crippen LogP contribution in [-0.4, -0.2) is 35.4 Å². The molecule has 0 saturated carbocycles. The van der Waals surface area contributed by atoms with E-state index in [0.29, 0.717) is 23.7 Å². The number of ether oxygens (including phenoxy) is 1. The van der Waals surface area contributed by atoms with Crippen LogP contribution in [0.2, 0.25) is 0 Å². The van der Waals surface area contributed by atoms with Crippen molar-refractivity contribution < 1.29 is 19.1 Å². The van der Waals surface area contributed by atoms with Gasteiger partial charge in [-0.1, -0.05) is 23.8 Å². The summed E-state index contributed by atoms with van der Waals surface area (Å²) in [5.74, 6) is -0.0302. The lowest BCUT2D eigenvalue weighted by Crippen LogP contribution is -2.37. The molecule has 2 heterocycles. The van der Waals surface area contributed by atoms with Gasteiger partial charge in [0, 0.05) is 10.6 Å². The third kappa shape index (κ3) is 5.06. The molecule has 0 spiro atoms. The van der Waals surface area contributed by atoms with Crippen molar-refractivity contribution in [1.82, 2.24) is 4.90 Å². The van der Waals surface area contributed by atoms with Crippen LogP contribution in [0.25, 0.3) is 0 Å². The van der Waals surface area contributed by atoms with Gasteiger partial charge < -0.3 is 15.0 Å². The lowest BCUT2D eigenvalue weighted by molar-refractivity contribution is -0.124. The Morgan fingerprint density at radius 2 is 1.79 bits per heavy atom. The predicted molar refractivity (Wildman–Crippen MR) is 129 cm³/mol. The number of benzene rings is 2. The molecule has 1 fully saturated rings. The third-order valence-corrected chi connectivity index (χ3v) is 6.21. The van der Waals surface area contributed by atoms with Crippen LogP contribution in [0.3, 0.4) is 0 Å². The molecule has 1 aliphatic rings. The number of urea groups is 1. The third-order valence-electron chi connectivity index (χ3n) is 5.34. The number of nitrogens with one attached hydrogen (secondary N) is 1. The molecule has 0 radical (unpaired) electrons. The first-order valence-corrected chi connectivity index (χ1v) is 11.6. The number of hydrogen-bond donors (Lipinski definition) is 1. The van der Waals surface area contributed by atoms with Crippen LogP contribution in [0.15, 0.2) is 66.0 Å². The van der Waals surface area contributed by atoms with Crippen LogP contribution in [0.1, 0.15) is 23.8 Å². The maximum atomic E-state index is 13.3. The maximum absolute atomic E-state index is 13.3. The van der Waals surface area contributed by atoms with Crippen LogP contribution in [0.5, 0.6) is 5.75 Å². The van der Waals surface area contributed by atoms with Gasteiger partial charge in [-0.2, -0.15) is 0 Å². The van der Waals surface area contributed by atoms with Crippen molar-refractivity contribution >= 4 is 40.6 Å². The SMILES string of the molecule is CCOc1ccc(NC(=O)CC2C(=O)N(c3ccc(C)cc3)C(=O)N2Cc2cccs2)cc1. The van der Waals surface area contributed by atoms with E-state index in [4.69, 9.17) is 4.74 Å². The molecule has 1 aliphatic heterocycles. The van der Waals surface area contributed by atoms with Crippen molar-refractivity contribution in [3.8, 4) is 5.75 Å². The van der Waals surface area contributed by atoms with Gasteiger partial charge in [-0.3, -0.25) is 9.59 Å². The summed E-state index contributed by atoms with van der Waals surface area (Å²) in [5.41, 5.74) is 2.13. The summed E-state index contributed by atoms with van der Waals surface area (Å²) in [7, 11) is 0. The molecule has 4 rings (SSSR count). The fourth-order valence-corrected chi connectivity index (χ4v) is 4.41. The lowest BCUT2D eigenvalue weighted by Gasteiger charge is -2.21. The summed E-state index contributed by atoms with van der Waals surface area (Å²) in [6, 6.07) is 16.7. The minimum atomic E-state index is -0.886. The van der Waals surface area contributed by atoms with E-state index < -0.39 is 18.0 Å². The standard InChI is InChI=1S/C25H25N3O4S/c1-3-32-20-12-8-18(9-13-20)26-23(29)15-22-24(30)28(19-10-6-17(2)7-11-19)25(31)27(22)16-21-5-4-14-33-21/h4-14,22H,3,15-16H2,1-2H3,(H,26,29). The Hall–Kier alpha value is -3.65. The molecule has 3 aromatic rings. The van der Waals surface area contributed by atoms with Gasteiger partial charge in [0.25, 0.3) is 5.91 Å². The predicted octanol–water partition coefficient (Wildman–Crippen LogP) is 4.82. The second kappa shape index (κ2) is 9.87. The highest BCUT2D eigenvalue weighted by Crippen LogP contribution is 2.29. The fraction of sp³-hybridized carbons (Fsp3) is 0.240. The Balaban J connectivity index is 1.53. The first kappa shape index (κ1) is 22.5. The molecule has 0 bridgehead atoms. The molecule has 1 unspecified atom stereocenters. The van der Waals surface area contributed by atoms with Crippen LogP contribution in [-0.2, 0) is 16.1 Å². The van der Waals surface area contributed by atoms with Crippen molar-refractivity contribution in [2.75, 3.05) is 16.8 Å². The largest absolute Gasteiger partial charge is 0.494 e. The number of thiophene rings is 1. The Kier molecular flexibility index (Phi) is 6.74. The highest BCUT2D eigenvalue weighted by molar-refractivity contribution is 7.09. The number of carbonyl (C=O) groups is 3. The highest BCUT2D eigenvalue weighted by Gasteiger charge is 2.46. The molecule has 7 nitrogen and oxygen atoms in total. The molecule has 170 valence electrons. The quantitative estimate of drug-likeness (QED) is 0.486. The summed E-state index contributed by atoms with van der Waals surface area (Å²) >= 11 is 1.50. The van der Waals surface area contributed by atoms with Crippen molar-refractivity contribution in [3.05, 3.63) is 76.5 Å². The smallest absolute Gasteiger partial charge is 0.332 e. The van der Waals surface area contributed by atoms with Crippen LogP contribution in [0.4, 0.5) is 16.2 Å². The molecule has 4 amide bonds. The van der Waals surface area contributed by atoms with Gasteiger partial charge in [0.05, 0.1) is 25.3 Å².